The largest absolute Gasteiger partial charge is 0.383 e. The molecule has 0 fully saturated rings. The molecule has 0 amide bonds. The van der Waals surface area contributed by atoms with E-state index in [1.807, 2.05) is 22.7 Å². The lowest BCUT2D eigenvalue weighted by molar-refractivity contribution is 0.867. The van der Waals surface area contributed by atoms with Gasteiger partial charge in [0.25, 0.3) is 0 Å². The molecule has 102 valence electrons. The Balaban J connectivity index is 2.14. The third kappa shape index (κ3) is 2.10. The first-order valence-electron chi connectivity index (χ1n) is 6.60. The van der Waals surface area contributed by atoms with E-state index in [0.717, 1.165) is 21.4 Å². The van der Waals surface area contributed by atoms with Gasteiger partial charge >= 0.3 is 0 Å². The summed E-state index contributed by atoms with van der Waals surface area (Å²) in [6.45, 7) is 4.37. The highest BCUT2D eigenvalue weighted by molar-refractivity contribution is 9.10. The van der Waals surface area contributed by atoms with E-state index < -0.39 is 0 Å². The minimum Gasteiger partial charge on any atom is -0.383 e. The molecule has 0 saturated heterocycles. The van der Waals surface area contributed by atoms with Crippen LogP contribution in [0.4, 0.5) is 5.82 Å². The van der Waals surface area contributed by atoms with Gasteiger partial charge in [-0.25, -0.2) is 4.98 Å². The van der Waals surface area contributed by atoms with Gasteiger partial charge in [0.15, 0.2) is 5.65 Å². The summed E-state index contributed by atoms with van der Waals surface area (Å²) in [5, 5.41) is 0. The zero-order valence-corrected chi connectivity index (χ0v) is 13.1. The Morgan fingerprint density at radius 3 is 2.45 bits per heavy atom. The number of nitrogen functional groups attached to an aromatic ring is 1. The van der Waals surface area contributed by atoms with E-state index in [0.29, 0.717) is 11.7 Å². The summed E-state index contributed by atoms with van der Waals surface area (Å²) in [5.74, 6) is 1.19. The monoisotopic (exact) mass is 329 g/mol. The lowest BCUT2D eigenvalue weighted by Gasteiger charge is -2.06. The van der Waals surface area contributed by atoms with Crippen LogP contribution in [0.15, 0.2) is 47.1 Å². The highest BCUT2D eigenvalue weighted by atomic mass is 79.9. The Kier molecular flexibility index (Phi) is 3.26. The average Bonchev–Trinajstić information content (AvgIpc) is 2.78. The number of halogens is 1. The van der Waals surface area contributed by atoms with Crippen LogP contribution in [0.1, 0.15) is 25.3 Å². The van der Waals surface area contributed by atoms with Crippen molar-refractivity contribution in [3.8, 4) is 11.3 Å². The van der Waals surface area contributed by atoms with Crippen molar-refractivity contribution in [1.29, 1.82) is 0 Å². The first-order valence-corrected chi connectivity index (χ1v) is 7.39. The van der Waals surface area contributed by atoms with E-state index >= 15 is 0 Å². The summed E-state index contributed by atoms with van der Waals surface area (Å²) in [7, 11) is 0. The number of hydrogen-bond donors (Lipinski definition) is 1. The van der Waals surface area contributed by atoms with Crippen LogP contribution in [0.5, 0.6) is 0 Å². The number of aromatic nitrogens is 2. The van der Waals surface area contributed by atoms with Crippen LogP contribution in [0.25, 0.3) is 16.9 Å². The summed E-state index contributed by atoms with van der Waals surface area (Å²) in [4.78, 5) is 4.65. The number of fused-ring (bicyclic) bond motifs is 1. The van der Waals surface area contributed by atoms with Gasteiger partial charge in [-0.3, -0.25) is 4.40 Å². The van der Waals surface area contributed by atoms with Gasteiger partial charge in [-0.05, 0) is 39.5 Å². The quantitative estimate of drug-likeness (QED) is 0.753. The maximum absolute atomic E-state index is 6.22. The molecular weight excluding hydrogens is 314 g/mol. The van der Waals surface area contributed by atoms with Gasteiger partial charge in [0.05, 0.1) is 4.47 Å². The molecule has 0 bridgehead atoms. The SMILES string of the molecule is CC(C)c1ccc(-c2nc3c(Br)cccn3c2N)cc1. The predicted octanol–water partition coefficient (Wildman–Crippen LogP) is 4.47. The van der Waals surface area contributed by atoms with Crippen molar-refractivity contribution >= 4 is 27.4 Å². The van der Waals surface area contributed by atoms with E-state index in [-0.39, 0.29) is 0 Å². The number of nitrogens with two attached hydrogens (primary N) is 1. The van der Waals surface area contributed by atoms with Crippen LogP contribution < -0.4 is 5.73 Å². The van der Waals surface area contributed by atoms with Crippen LogP contribution in [0, 0.1) is 0 Å². The first kappa shape index (κ1) is 13.2. The fraction of sp³-hybridized carbons (Fsp3) is 0.188. The highest BCUT2D eigenvalue weighted by Gasteiger charge is 2.13. The minimum atomic E-state index is 0.525. The van der Waals surface area contributed by atoms with Gasteiger partial charge in [0.2, 0.25) is 0 Å². The molecule has 0 atom stereocenters. The molecule has 0 aliphatic rings. The smallest absolute Gasteiger partial charge is 0.153 e. The Labute approximate surface area is 126 Å². The second-order valence-electron chi connectivity index (χ2n) is 5.17. The number of pyridine rings is 1. The van der Waals surface area contributed by atoms with Gasteiger partial charge in [0.1, 0.15) is 11.5 Å². The number of anilines is 1. The Morgan fingerprint density at radius 2 is 1.85 bits per heavy atom. The number of imidazole rings is 1. The van der Waals surface area contributed by atoms with Crippen molar-refractivity contribution in [3.05, 3.63) is 52.6 Å². The molecule has 0 unspecified atom stereocenters. The molecule has 3 nitrogen and oxygen atoms in total. The van der Waals surface area contributed by atoms with E-state index in [9.17, 15) is 0 Å². The Bertz CT molecular complexity index is 757. The summed E-state index contributed by atoms with van der Waals surface area (Å²) in [5.41, 5.74) is 10.2. The highest BCUT2D eigenvalue weighted by Crippen LogP contribution is 2.30. The third-order valence-corrected chi connectivity index (χ3v) is 4.11. The zero-order valence-electron chi connectivity index (χ0n) is 11.5. The molecule has 0 radical (unpaired) electrons. The van der Waals surface area contributed by atoms with Crippen LogP contribution in [-0.2, 0) is 0 Å². The van der Waals surface area contributed by atoms with Gasteiger partial charge in [0, 0.05) is 11.8 Å². The third-order valence-electron chi connectivity index (χ3n) is 3.49. The van der Waals surface area contributed by atoms with Crippen molar-refractivity contribution in [3.63, 3.8) is 0 Å². The molecule has 1 aromatic carbocycles. The second kappa shape index (κ2) is 4.94. The maximum Gasteiger partial charge on any atom is 0.153 e. The molecule has 20 heavy (non-hydrogen) atoms. The number of rotatable bonds is 2. The molecule has 0 saturated carbocycles. The van der Waals surface area contributed by atoms with Crippen molar-refractivity contribution < 1.29 is 0 Å². The Hall–Kier alpha value is -1.81. The summed E-state index contributed by atoms with van der Waals surface area (Å²) in [6, 6.07) is 12.4. The minimum absolute atomic E-state index is 0.525. The van der Waals surface area contributed by atoms with Crippen LogP contribution >= 0.6 is 15.9 Å². The predicted molar refractivity (Wildman–Crippen MR) is 86.8 cm³/mol. The van der Waals surface area contributed by atoms with E-state index in [2.05, 4.69) is 59.0 Å². The van der Waals surface area contributed by atoms with Crippen molar-refractivity contribution in [2.45, 2.75) is 19.8 Å². The van der Waals surface area contributed by atoms with Crippen molar-refractivity contribution in [2.24, 2.45) is 0 Å². The van der Waals surface area contributed by atoms with Gasteiger partial charge in [-0.15, -0.1) is 0 Å². The van der Waals surface area contributed by atoms with E-state index in [1.165, 1.54) is 5.56 Å². The lowest BCUT2D eigenvalue weighted by atomic mass is 10.0. The molecule has 2 aromatic heterocycles. The topological polar surface area (TPSA) is 43.3 Å². The molecule has 0 spiro atoms. The van der Waals surface area contributed by atoms with Gasteiger partial charge < -0.3 is 5.73 Å². The average molecular weight is 330 g/mol. The number of hydrogen-bond acceptors (Lipinski definition) is 2. The molecule has 2 heterocycles. The zero-order chi connectivity index (χ0) is 14.3. The summed E-state index contributed by atoms with van der Waals surface area (Å²) < 4.78 is 2.84. The Morgan fingerprint density at radius 1 is 1.15 bits per heavy atom. The normalized spacial score (nSPS) is 11.4. The lowest BCUT2D eigenvalue weighted by Crippen LogP contribution is -1.94. The van der Waals surface area contributed by atoms with E-state index in [1.54, 1.807) is 0 Å². The van der Waals surface area contributed by atoms with Gasteiger partial charge in [-0.2, -0.15) is 0 Å². The molecule has 3 rings (SSSR count). The molecule has 4 heteroatoms. The fourth-order valence-corrected chi connectivity index (χ4v) is 2.72. The van der Waals surface area contributed by atoms with Crippen LogP contribution in [0.2, 0.25) is 0 Å². The molecule has 0 aliphatic heterocycles. The van der Waals surface area contributed by atoms with Gasteiger partial charge in [-0.1, -0.05) is 38.1 Å². The molecule has 2 N–H and O–H groups in total. The standard InChI is InChI=1S/C16H16BrN3/c1-10(2)11-5-7-12(8-6-11)14-15(18)20-9-3-4-13(17)16(20)19-14/h3-10H,18H2,1-2H3. The second-order valence-corrected chi connectivity index (χ2v) is 6.03. The first-order chi connectivity index (χ1) is 9.58. The van der Waals surface area contributed by atoms with Crippen LogP contribution in [0.3, 0.4) is 0 Å². The summed E-state index contributed by atoms with van der Waals surface area (Å²) in [6.07, 6.45) is 1.93. The molecular formula is C16H16BrN3. The fourth-order valence-electron chi connectivity index (χ4n) is 2.29. The van der Waals surface area contributed by atoms with Crippen molar-refractivity contribution in [2.75, 3.05) is 5.73 Å². The molecule has 0 aliphatic carbocycles. The van der Waals surface area contributed by atoms with E-state index in [4.69, 9.17) is 5.73 Å². The van der Waals surface area contributed by atoms with Crippen LogP contribution in [-0.4, -0.2) is 9.38 Å². The van der Waals surface area contributed by atoms with Crippen molar-refractivity contribution in [1.82, 2.24) is 9.38 Å². The number of nitrogens with zero attached hydrogens (tertiary/aromatic N) is 2. The maximum atomic E-state index is 6.22. The number of benzene rings is 1. The summed E-state index contributed by atoms with van der Waals surface area (Å²) >= 11 is 3.51. The molecule has 3 aromatic rings.